The Kier molecular flexibility index (Phi) is 5.05. The van der Waals surface area contributed by atoms with E-state index in [0.29, 0.717) is 22.2 Å². The second-order valence-corrected chi connectivity index (χ2v) is 11.6. The van der Waals surface area contributed by atoms with E-state index in [0.717, 1.165) is 11.3 Å². The summed E-state index contributed by atoms with van der Waals surface area (Å²) in [5, 5.41) is 2.93. The number of nitrogens with one attached hydrogen (secondary N) is 2. The van der Waals surface area contributed by atoms with Gasteiger partial charge < -0.3 is 5.32 Å². The van der Waals surface area contributed by atoms with Crippen LogP contribution >= 0.6 is 11.3 Å². The molecule has 8 nitrogen and oxygen atoms in total. The zero-order valence-corrected chi connectivity index (χ0v) is 17.5. The fourth-order valence-electron chi connectivity index (χ4n) is 3.06. The highest BCUT2D eigenvalue weighted by molar-refractivity contribution is 7.93. The maximum atomic E-state index is 12.4. The Balaban J connectivity index is 1.53. The van der Waals surface area contributed by atoms with E-state index in [1.165, 1.54) is 12.1 Å². The van der Waals surface area contributed by atoms with Crippen molar-refractivity contribution in [1.29, 1.82) is 0 Å². The van der Waals surface area contributed by atoms with Crippen molar-refractivity contribution in [2.75, 3.05) is 16.2 Å². The van der Waals surface area contributed by atoms with Crippen LogP contribution in [-0.2, 0) is 19.9 Å². The number of thiazole rings is 1. The van der Waals surface area contributed by atoms with Crippen molar-refractivity contribution in [1.82, 2.24) is 10.3 Å². The van der Waals surface area contributed by atoms with Gasteiger partial charge >= 0.3 is 0 Å². The van der Waals surface area contributed by atoms with Gasteiger partial charge in [-0.05, 0) is 36.8 Å². The van der Waals surface area contributed by atoms with Gasteiger partial charge in [-0.3, -0.25) is 9.52 Å². The van der Waals surface area contributed by atoms with Crippen LogP contribution in [0, 0.1) is 0 Å². The topological polar surface area (TPSA) is 122 Å². The lowest BCUT2D eigenvalue weighted by molar-refractivity contribution is 0.0941. The molecule has 0 aliphatic carbocycles. The number of fused-ring (bicyclic) bond motifs is 1. The molecule has 2 N–H and O–H groups in total. The van der Waals surface area contributed by atoms with E-state index in [1.807, 2.05) is 0 Å². The quantitative estimate of drug-likeness (QED) is 0.612. The Morgan fingerprint density at radius 3 is 2.59 bits per heavy atom. The van der Waals surface area contributed by atoms with Gasteiger partial charge in [0.15, 0.2) is 15.0 Å². The number of benzene rings is 2. The smallest absolute Gasteiger partial charge is 0.263 e. The summed E-state index contributed by atoms with van der Waals surface area (Å²) in [6.45, 7) is 0. The van der Waals surface area contributed by atoms with Crippen molar-refractivity contribution in [2.24, 2.45) is 0 Å². The van der Waals surface area contributed by atoms with Gasteiger partial charge in [-0.1, -0.05) is 29.5 Å². The second kappa shape index (κ2) is 7.39. The highest BCUT2D eigenvalue weighted by atomic mass is 32.2. The molecule has 0 radical (unpaired) electrons. The molecule has 1 amide bonds. The first-order valence-electron chi connectivity index (χ1n) is 8.72. The SMILES string of the molecule is O=C(N[C@@H]1CCS(=O)(=O)C1)c1ccc2nc(NS(=O)(=O)c3ccccc3)sc2c1. The van der Waals surface area contributed by atoms with E-state index in [4.69, 9.17) is 0 Å². The van der Waals surface area contributed by atoms with E-state index in [-0.39, 0.29) is 27.4 Å². The highest BCUT2D eigenvalue weighted by Gasteiger charge is 2.29. The number of aromatic nitrogens is 1. The summed E-state index contributed by atoms with van der Waals surface area (Å²) in [6, 6.07) is 12.4. The highest BCUT2D eigenvalue weighted by Crippen LogP contribution is 2.28. The summed E-state index contributed by atoms with van der Waals surface area (Å²) in [4.78, 5) is 16.8. The van der Waals surface area contributed by atoms with Crippen molar-refractivity contribution >= 4 is 52.5 Å². The Labute approximate surface area is 171 Å². The number of amides is 1. The summed E-state index contributed by atoms with van der Waals surface area (Å²) >= 11 is 1.12. The second-order valence-electron chi connectivity index (χ2n) is 6.69. The Hall–Kier alpha value is -2.50. The van der Waals surface area contributed by atoms with E-state index >= 15 is 0 Å². The van der Waals surface area contributed by atoms with Gasteiger partial charge in [-0.25, -0.2) is 21.8 Å². The summed E-state index contributed by atoms with van der Waals surface area (Å²) in [7, 11) is -6.84. The third-order valence-corrected chi connectivity index (χ3v) is 8.68. The summed E-state index contributed by atoms with van der Waals surface area (Å²) in [5.41, 5.74) is 0.920. The first-order valence-corrected chi connectivity index (χ1v) is 12.8. The van der Waals surface area contributed by atoms with Crippen LogP contribution in [0.5, 0.6) is 0 Å². The fourth-order valence-corrected chi connectivity index (χ4v) is 6.90. The number of anilines is 1. The number of hydrogen-bond donors (Lipinski definition) is 2. The van der Waals surface area contributed by atoms with Crippen LogP contribution in [0.3, 0.4) is 0 Å². The molecule has 1 atom stereocenters. The number of hydrogen-bond acceptors (Lipinski definition) is 7. The Morgan fingerprint density at radius 2 is 1.90 bits per heavy atom. The first-order chi connectivity index (χ1) is 13.7. The average molecular weight is 452 g/mol. The third kappa shape index (κ3) is 4.41. The van der Waals surface area contributed by atoms with Crippen molar-refractivity contribution in [2.45, 2.75) is 17.4 Å². The molecule has 1 aliphatic rings. The summed E-state index contributed by atoms with van der Waals surface area (Å²) in [5.74, 6) is -0.335. The zero-order chi connectivity index (χ0) is 20.6. The van der Waals surface area contributed by atoms with Gasteiger partial charge in [0, 0.05) is 11.6 Å². The number of nitrogens with zero attached hydrogens (tertiary/aromatic N) is 1. The van der Waals surface area contributed by atoms with Crippen LogP contribution in [0.4, 0.5) is 5.13 Å². The number of sulfone groups is 1. The number of carbonyl (C=O) groups is 1. The van der Waals surface area contributed by atoms with E-state index in [9.17, 15) is 21.6 Å². The van der Waals surface area contributed by atoms with Crippen LogP contribution in [0.25, 0.3) is 10.2 Å². The number of rotatable bonds is 5. The molecule has 3 aromatic rings. The molecule has 4 rings (SSSR count). The minimum absolute atomic E-state index is 0.0487. The molecular weight excluding hydrogens is 434 g/mol. The molecule has 0 spiro atoms. The van der Waals surface area contributed by atoms with Gasteiger partial charge in [0.2, 0.25) is 0 Å². The molecule has 2 heterocycles. The molecule has 1 aromatic heterocycles. The Bertz CT molecular complexity index is 1280. The van der Waals surface area contributed by atoms with Gasteiger partial charge in [-0.15, -0.1) is 0 Å². The van der Waals surface area contributed by atoms with E-state index in [1.54, 1.807) is 36.4 Å². The first kappa shape index (κ1) is 19.8. The molecule has 0 bridgehead atoms. The lowest BCUT2D eigenvalue weighted by Crippen LogP contribution is -2.35. The number of carbonyl (C=O) groups excluding carboxylic acids is 1. The largest absolute Gasteiger partial charge is 0.348 e. The fraction of sp³-hybridized carbons (Fsp3) is 0.222. The normalized spacial score (nSPS) is 18.6. The van der Waals surface area contributed by atoms with Crippen molar-refractivity contribution in [3.8, 4) is 0 Å². The van der Waals surface area contributed by atoms with Crippen LogP contribution in [0.1, 0.15) is 16.8 Å². The van der Waals surface area contributed by atoms with Gasteiger partial charge in [0.25, 0.3) is 15.9 Å². The molecule has 11 heteroatoms. The molecular formula is C18H17N3O5S3. The van der Waals surface area contributed by atoms with Crippen LogP contribution in [-0.4, -0.2) is 45.3 Å². The lowest BCUT2D eigenvalue weighted by Gasteiger charge is -2.10. The Morgan fingerprint density at radius 1 is 1.14 bits per heavy atom. The predicted molar refractivity (Wildman–Crippen MR) is 111 cm³/mol. The summed E-state index contributed by atoms with van der Waals surface area (Å²) in [6.07, 6.45) is 0.405. The van der Waals surface area contributed by atoms with Crippen molar-refractivity contribution < 1.29 is 21.6 Å². The van der Waals surface area contributed by atoms with Crippen molar-refractivity contribution in [3.05, 3.63) is 54.1 Å². The number of sulfonamides is 1. The van der Waals surface area contributed by atoms with Gasteiger partial charge in [0.05, 0.1) is 26.6 Å². The third-order valence-electron chi connectivity index (χ3n) is 4.49. The van der Waals surface area contributed by atoms with E-state index in [2.05, 4.69) is 15.0 Å². The molecule has 2 aromatic carbocycles. The standard InChI is InChI=1S/C18H17N3O5S3/c22-17(19-13-8-9-28(23,24)11-13)12-6-7-15-16(10-12)27-18(20-15)21-29(25,26)14-4-2-1-3-5-14/h1-7,10,13H,8-9,11H2,(H,19,22)(H,20,21)/t13-/m1/s1. The molecule has 0 saturated carbocycles. The van der Waals surface area contributed by atoms with Crippen LogP contribution in [0.2, 0.25) is 0 Å². The van der Waals surface area contributed by atoms with Crippen LogP contribution in [0.15, 0.2) is 53.4 Å². The minimum Gasteiger partial charge on any atom is -0.348 e. The van der Waals surface area contributed by atoms with Crippen molar-refractivity contribution in [3.63, 3.8) is 0 Å². The monoisotopic (exact) mass is 451 g/mol. The minimum atomic E-state index is -3.75. The molecule has 0 unspecified atom stereocenters. The maximum Gasteiger partial charge on any atom is 0.263 e. The molecule has 1 saturated heterocycles. The summed E-state index contributed by atoms with van der Waals surface area (Å²) < 4.78 is 51.1. The molecule has 1 fully saturated rings. The molecule has 152 valence electrons. The molecule has 29 heavy (non-hydrogen) atoms. The van der Waals surface area contributed by atoms with E-state index < -0.39 is 25.9 Å². The molecule has 1 aliphatic heterocycles. The maximum absolute atomic E-state index is 12.4. The average Bonchev–Trinajstić information content (AvgIpc) is 3.22. The predicted octanol–water partition coefficient (Wildman–Crippen LogP) is 2.01. The lowest BCUT2D eigenvalue weighted by atomic mass is 10.2. The van der Waals surface area contributed by atoms with Gasteiger partial charge in [-0.2, -0.15) is 0 Å². The van der Waals surface area contributed by atoms with Gasteiger partial charge in [0.1, 0.15) is 0 Å². The zero-order valence-electron chi connectivity index (χ0n) is 15.0. The van der Waals surface area contributed by atoms with Crippen LogP contribution < -0.4 is 10.0 Å².